The fourth-order valence-corrected chi connectivity index (χ4v) is 2.14. The Hall–Kier alpha value is -0.570. The predicted octanol–water partition coefficient (Wildman–Crippen LogP) is 1.50. The molecule has 0 aromatic heterocycles. The van der Waals surface area contributed by atoms with Crippen molar-refractivity contribution in [1.82, 2.24) is 11.1 Å². The Morgan fingerprint density at radius 3 is 2.46 bits per heavy atom. The van der Waals surface area contributed by atoms with Crippen LogP contribution in [0.1, 0.15) is 45.4 Å². The van der Waals surface area contributed by atoms with Crippen LogP contribution in [0.3, 0.4) is 0 Å². The lowest BCUT2D eigenvalue weighted by Crippen LogP contribution is -2.50. The van der Waals surface area contributed by atoms with E-state index in [0.29, 0.717) is 0 Å². The zero-order valence-electron chi connectivity index (χ0n) is 8.36. The van der Waals surface area contributed by atoms with Gasteiger partial charge in [-0.1, -0.05) is 26.2 Å². The number of carbonyl (C=O) groups is 1. The highest BCUT2D eigenvalue weighted by molar-refractivity contribution is 5.78. The van der Waals surface area contributed by atoms with Crippen LogP contribution in [0, 0.1) is 0 Å². The molecule has 75 valence electrons. The Morgan fingerprint density at radius 2 is 2.00 bits per heavy atom. The van der Waals surface area contributed by atoms with Gasteiger partial charge in [0.1, 0.15) is 0 Å². The van der Waals surface area contributed by atoms with Gasteiger partial charge < -0.3 is 5.32 Å². The third-order valence-electron chi connectivity index (χ3n) is 3.05. The van der Waals surface area contributed by atoms with Gasteiger partial charge in [-0.15, -0.1) is 0 Å². The number of carbonyl (C=O) groups excluding carboxylic acids is 1. The molecule has 0 saturated heterocycles. The maximum Gasteiger partial charge on any atom is 0.235 e. The molecular weight excluding hydrogens is 164 g/mol. The third kappa shape index (κ3) is 2.69. The second-order valence-corrected chi connectivity index (χ2v) is 3.92. The van der Waals surface area contributed by atoms with Gasteiger partial charge in [0.2, 0.25) is 5.91 Å². The summed E-state index contributed by atoms with van der Waals surface area (Å²) in [5.74, 6) is -0.122. The zero-order chi connectivity index (χ0) is 9.73. The summed E-state index contributed by atoms with van der Waals surface area (Å²) >= 11 is 0. The Labute approximate surface area is 80.1 Å². The van der Waals surface area contributed by atoms with Crippen molar-refractivity contribution in [2.45, 2.75) is 51.0 Å². The van der Waals surface area contributed by atoms with E-state index in [1.807, 2.05) is 0 Å². The average Bonchev–Trinajstić information content (AvgIpc) is 2.19. The van der Waals surface area contributed by atoms with E-state index < -0.39 is 0 Å². The van der Waals surface area contributed by atoms with Crippen molar-refractivity contribution in [3.05, 3.63) is 0 Å². The Kier molecular flexibility index (Phi) is 3.72. The van der Waals surface area contributed by atoms with Crippen molar-refractivity contribution < 1.29 is 4.79 Å². The fraction of sp³-hybridized carbons (Fsp3) is 0.900. The second-order valence-electron chi connectivity index (χ2n) is 3.92. The minimum absolute atomic E-state index is 0.0242. The van der Waals surface area contributed by atoms with Crippen molar-refractivity contribution in [3.8, 4) is 0 Å². The lowest BCUT2D eigenvalue weighted by atomic mass is 9.80. The third-order valence-corrected chi connectivity index (χ3v) is 3.05. The molecule has 1 fully saturated rings. The van der Waals surface area contributed by atoms with Crippen LogP contribution in [-0.2, 0) is 4.79 Å². The van der Waals surface area contributed by atoms with E-state index in [0.717, 1.165) is 19.3 Å². The Bertz CT molecular complexity index is 174. The van der Waals surface area contributed by atoms with E-state index in [1.54, 1.807) is 0 Å². The van der Waals surface area contributed by atoms with E-state index in [9.17, 15) is 4.79 Å². The standard InChI is InChI=1S/C10H19N2O/c1-2-10(12-9(13)8-11)6-4-3-5-7-10/h11H,2-8H2,1H3,(H,12,13). The quantitative estimate of drug-likeness (QED) is 0.708. The zero-order valence-corrected chi connectivity index (χ0v) is 8.36. The van der Waals surface area contributed by atoms with Gasteiger partial charge >= 0.3 is 0 Å². The normalized spacial score (nSPS) is 21.1. The molecule has 1 aliphatic rings. The van der Waals surface area contributed by atoms with Crippen LogP contribution >= 0.6 is 0 Å². The fourth-order valence-electron chi connectivity index (χ4n) is 2.14. The van der Waals surface area contributed by atoms with Gasteiger partial charge in [-0.3, -0.25) is 4.79 Å². The summed E-state index contributed by atoms with van der Waals surface area (Å²) in [7, 11) is 0. The number of hydrogen-bond donors (Lipinski definition) is 1. The summed E-state index contributed by atoms with van der Waals surface area (Å²) in [4.78, 5) is 11.1. The Morgan fingerprint density at radius 1 is 1.38 bits per heavy atom. The molecule has 1 rings (SSSR count). The molecular formula is C10H19N2O. The summed E-state index contributed by atoms with van der Waals surface area (Å²) in [5.41, 5.74) is 7.00. The first-order chi connectivity index (χ1) is 6.22. The smallest absolute Gasteiger partial charge is 0.235 e. The molecule has 0 unspecified atom stereocenters. The molecule has 13 heavy (non-hydrogen) atoms. The molecule has 0 spiro atoms. The highest BCUT2D eigenvalue weighted by Crippen LogP contribution is 2.30. The van der Waals surface area contributed by atoms with Crippen LogP contribution in [-0.4, -0.2) is 18.0 Å². The van der Waals surface area contributed by atoms with Crippen LogP contribution in [0.5, 0.6) is 0 Å². The molecule has 0 aromatic carbocycles. The van der Waals surface area contributed by atoms with Crippen molar-refractivity contribution >= 4 is 5.91 Å². The first kappa shape index (κ1) is 10.5. The molecule has 1 saturated carbocycles. The second kappa shape index (κ2) is 4.61. The van der Waals surface area contributed by atoms with Gasteiger partial charge in [0.05, 0.1) is 6.54 Å². The highest BCUT2D eigenvalue weighted by atomic mass is 16.2. The maximum absolute atomic E-state index is 11.1. The van der Waals surface area contributed by atoms with Crippen LogP contribution < -0.4 is 11.1 Å². The Balaban J connectivity index is 2.52. The minimum Gasteiger partial charge on any atom is -0.350 e. The average molecular weight is 183 g/mol. The van der Waals surface area contributed by atoms with Crippen LogP contribution in [0.25, 0.3) is 0 Å². The van der Waals surface area contributed by atoms with Gasteiger partial charge in [-0.2, -0.15) is 0 Å². The topological polar surface area (TPSA) is 52.9 Å². The maximum atomic E-state index is 11.1. The number of nitrogens with one attached hydrogen (secondary N) is 2. The molecule has 0 atom stereocenters. The van der Waals surface area contributed by atoms with Gasteiger partial charge in [0.15, 0.2) is 0 Å². The van der Waals surface area contributed by atoms with Crippen molar-refractivity contribution in [3.63, 3.8) is 0 Å². The van der Waals surface area contributed by atoms with Crippen molar-refractivity contribution in [1.29, 1.82) is 0 Å². The van der Waals surface area contributed by atoms with Gasteiger partial charge in [0, 0.05) is 5.54 Å². The SMILES string of the molecule is CCC1(NC(=O)C[NH])CCCCC1. The number of hydrogen-bond acceptors (Lipinski definition) is 1. The van der Waals surface area contributed by atoms with Crippen molar-refractivity contribution in [2.75, 3.05) is 6.54 Å². The van der Waals surface area contributed by atoms with Gasteiger partial charge in [-0.25, -0.2) is 5.73 Å². The van der Waals surface area contributed by atoms with E-state index in [4.69, 9.17) is 5.73 Å². The highest BCUT2D eigenvalue weighted by Gasteiger charge is 2.30. The van der Waals surface area contributed by atoms with Gasteiger partial charge in [-0.05, 0) is 19.3 Å². The summed E-state index contributed by atoms with van der Waals surface area (Å²) in [6.07, 6.45) is 6.90. The van der Waals surface area contributed by atoms with Crippen LogP contribution in [0.15, 0.2) is 0 Å². The van der Waals surface area contributed by atoms with Crippen molar-refractivity contribution in [2.24, 2.45) is 0 Å². The molecule has 3 nitrogen and oxygen atoms in total. The van der Waals surface area contributed by atoms with Gasteiger partial charge in [0.25, 0.3) is 0 Å². The molecule has 1 radical (unpaired) electrons. The molecule has 2 N–H and O–H groups in total. The summed E-state index contributed by atoms with van der Waals surface area (Å²) in [5, 5.41) is 3.01. The molecule has 0 aliphatic heterocycles. The van der Waals surface area contributed by atoms with Crippen LogP contribution in [0.4, 0.5) is 0 Å². The first-order valence-electron chi connectivity index (χ1n) is 5.18. The monoisotopic (exact) mass is 183 g/mol. The molecule has 0 heterocycles. The van der Waals surface area contributed by atoms with E-state index >= 15 is 0 Å². The minimum atomic E-state index is -0.137. The van der Waals surface area contributed by atoms with E-state index in [1.165, 1.54) is 19.3 Å². The molecule has 3 heteroatoms. The van der Waals surface area contributed by atoms with E-state index in [-0.39, 0.29) is 18.0 Å². The number of rotatable bonds is 3. The molecule has 0 aromatic rings. The lowest BCUT2D eigenvalue weighted by Gasteiger charge is -2.37. The molecule has 1 amide bonds. The molecule has 0 bridgehead atoms. The largest absolute Gasteiger partial charge is 0.350 e. The predicted molar refractivity (Wildman–Crippen MR) is 52.2 cm³/mol. The lowest BCUT2D eigenvalue weighted by molar-refractivity contribution is -0.122. The first-order valence-corrected chi connectivity index (χ1v) is 5.18. The molecule has 1 aliphatic carbocycles. The summed E-state index contributed by atoms with van der Waals surface area (Å²) in [6.45, 7) is 1.98. The summed E-state index contributed by atoms with van der Waals surface area (Å²) < 4.78 is 0. The number of amides is 1. The van der Waals surface area contributed by atoms with E-state index in [2.05, 4.69) is 12.2 Å². The summed E-state index contributed by atoms with van der Waals surface area (Å²) in [6, 6.07) is 0. The van der Waals surface area contributed by atoms with Crippen LogP contribution in [0.2, 0.25) is 0 Å².